The molecule has 122 valence electrons. The van der Waals surface area contributed by atoms with Crippen LogP contribution in [0.4, 0.5) is 13.2 Å². The van der Waals surface area contributed by atoms with Crippen molar-refractivity contribution in [1.82, 2.24) is 5.01 Å². The van der Waals surface area contributed by atoms with Crippen LogP contribution in [0.5, 0.6) is 0 Å². The van der Waals surface area contributed by atoms with E-state index in [1.54, 1.807) is 0 Å². The Morgan fingerprint density at radius 1 is 1.50 bits per heavy atom. The number of alkyl halides is 3. The molecule has 2 heterocycles. The highest BCUT2D eigenvalue weighted by Crippen LogP contribution is 2.41. The van der Waals surface area contributed by atoms with Crippen molar-refractivity contribution in [3.8, 4) is 0 Å². The zero-order chi connectivity index (χ0) is 16.5. The standard InChI is InChI=1S/C14H17F3N2O3/c1-3-4-5-10-6-13(21,14(15,16)17)19(18-10)12(20)11-8-22-7-9(11)2/h7-8,21H,3-6H2,1-2H3/t13-/m0/s1. The van der Waals surface area contributed by atoms with Gasteiger partial charge in [-0.25, -0.2) is 0 Å². The van der Waals surface area contributed by atoms with Crippen LogP contribution in [-0.4, -0.2) is 33.6 Å². The maximum Gasteiger partial charge on any atom is 0.438 e. The lowest BCUT2D eigenvalue weighted by atomic mass is 10.0. The van der Waals surface area contributed by atoms with E-state index in [1.165, 1.54) is 13.2 Å². The van der Waals surface area contributed by atoms with Crippen molar-refractivity contribution in [2.75, 3.05) is 0 Å². The minimum atomic E-state index is -5.00. The summed E-state index contributed by atoms with van der Waals surface area (Å²) in [5, 5.41) is 13.9. The Hall–Kier alpha value is -1.83. The molecule has 1 aromatic heterocycles. The van der Waals surface area contributed by atoms with Crippen LogP contribution in [0.2, 0.25) is 0 Å². The fourth-order valence-electron chi connectivity index (χ4n) is 2.27. The zero-order valence-corrected chi connectivity index (χ0v) is 12.3. The number of rotatable bonds is 4. The van der Waals surface area contributed by atoms with E-state index in [0.717, 1.165) is 12.7 Å². The molecule has 0 radical (unpaired) electrons. The van der Waals surface area contributed by atoms with Crippen molar-refractivity contribution in [3.05, 3.63) is 23.7 Å². The highest BCUT2D eigenvalue weighted by molar-refractivity contribution is 5.99. The second-order valence-corrected chi connectivity index (χ2v) is 5.35. The normalized spacial score (nSPS) is 22.1. The minimum Gasteiger partial charge on any atom is -0.471 e. The molecule has 1 N–H and O–H groups in total. The molecule has 1 aromatic rings. The molecule has 1 amide bonds. The Morgan fingerprint density at radius 3 is 2.68 bits per heavy atom. The van der Waals surface area contributed by atoms with E-state index >= 15 is 0 Å². The fraction of sp³-hybridized carbons (Fsp3) is 0.571. The summed E-state index contributed by atoms with van der Waals surface area (Å²) >= 11 is 0. The molecule has 1 aliphatic heterocycles. The second kappa shape index (κ2) is 5.75. The van der Waals surface area contributed by atoms with Gasteiger partial charge in [0.2, 0.25) is 0 Å². The van der Waals surface area contributed by atoms with Crippen LogP contribution in [0.3, 0.4) is 0 Å². The first kappa shape index (κ1) is 16.5. The number of unbranched alkanes of at least 4 members (excludes halogenated alkanes) is 1. The van der Waals surface area contributed by atoms with E-state index in [9.17, 15) is 23.1 Å². The Balaban J connectivity index is 2.36. The number of nitrogens with zero attached hydrogens (tertiary/aromatic N) is 2. The van der Waals surface area contributed by atoms with Gasteiger partial charge in [-0.05, 0) is 19.8 Å². The SMILES string of the molecule is CCCCC1=NN(C(=O)c2cocc2C)[C@@](O)(C(F)(F)F)C1. The van der Waals surface area contributed by atoms with E-state index in [-0.39, 0.29) is 16.3 Å². The van der Waals surface area contributed by atoms with E-state index in [1.807, 2.05) is 6.92 Å². The van der Waals surface area contributed by atoms with Crippen molar-refractivity contribution in [2.24, 2.45) is 5.10 Å². The van der Waals surface area contributed by atoms with E-state index < -0.39 is 24.2 Å². The molecule has 22 heavy (non-hydrogen) atoms. The highest BCUT2D eigenvalue weighted by Gasteiger charge is 2.63. The molecular weight excluding hydrogens is 301 g/mol. The number of furan rings is 1. The number of halogens is 3. The number of hydrogen-bond donors (Lipinski definition) is 1. The lowest BCUT2D eigenvalue weighted by Gasteiger charge is -2.32. The van der Waals surface area contributed by atoms with Crippen LogP contribution in [0, 0.1) is 6.92 Å². The fourth-order valence-corrected chi connectivity index (χ4v) is 2.27. The molecule has 1 atom stereocenters. The summed E-state index contributed by atoms with van der Waals surface area (Å²) in [7, 11) is 0. The molecule has 0 bridgehead atoms. The van der Waals surface area contributed by atoms with Crippen LogP contribution >= 0.6 is 0 Å². The van der Waals surface area contributed by atoms with Gasteiger partial charge in [-0.3, -0.25) is 4.79 Å². The third-order valence-corrected chi connectivity index (χ3v) is 3.59. The van der Waals surface area contributed by atoms with Gasteiger partial charge in [0.25, 0.3) is 11.6 Å². The van der Waals surface area contributed by atoms with Gasteiger partial charge in [-0.1, -0.05) is 13.3 Å². The number of hydrazone groups is 1. The molecule has 0 fully saturated rings. The number of amides is 1. The summed E-state index contributed by atoms with van der Waals surface area (Å²) in [6.07, 6.45) is -1.70. The molecule has 8 heteroatoms. The third-order valence-electron chi connectivity index (χ3n) is 3.59. The van der Waals surface area contributed by atoms with Gasteiger partial charge in [-0.15, -0.1) is 0 Å². The van der Waals surface area contributed by atoms with Crippen LogP contribution < -0.4 is 0 Å². The summed E-state index contributed by atoms with van der Waals surface area (Å²) in [5.41, 5.74) is -2.82. The first-order valence-electron chi connectivity index (χ1n) is 6.93. The van der Waals surface area contributed by atoms with E-state index in [0.29, 0.717) is 18.4 Å². The van der Waals surface area contributed by atoms with E-state index in [4.69, 9.17) is 4.42 Å². The molecule has 0 spiro atoms. The molecular formula is C14H17F3N2O3. The van der Waals surface area contributed by atoms with Crippen LogP contribution in [0.25, 0.3) is 0 Å². The third kappa shape index (κ3) is 2.75. The summed E-state index contributed by atoms with van der Waals surface area (Å²) in [6.45, 7) is 3.42. The van der Waals surface area contributed by atoms with Gasteiger partial charge in [-0.2, -0.15) is 23.3 Å². The summed E-state index contributed by atoms with van der Waals surface area (Å²) in [5.74, 6) is -1.03. The quantitative estimate of drug-likeness (QED) is 0.927. The Labute approximate surface area is 125 Å². The maximum absolute atomic E-state index is 13.3. The lowest BCUT2D eigenvalue weighted by Crippen LogP contribution is -2.56. The van der Waals surface area contributed by atoms with Crippen LogP contribution in [-0.2, 0) is 0 Å². The maximum atomic E-state index is 13.3. The van der Waals surface area contributed by atoms with Crippen LogP contribution in [0.15, 0.2) is 22.0 Å². The van der Waals surface area contributed by atoms with Crippen LogP contribution in [0.1, 0.15) is 48.5 Å². The van der Waals surface area contributed by atoms with Gasteiger partial charge >= 0.3 is 6.18 Å². The van der Waals surface area contributed by atoms with Gasteiger partial charge in [0.1, 0.15) is 6.26 Å². The van der Waals surface area contributed by atoms with E-state index in [2.05, 4.69) is 5.10 Å². The number of aryl methyl sites for hydroxylation is 1. The lowest BCUT2D eigenvalue weighted by molar-refractivity contribution is -0.297. The largest absolute Gasteiger partial charge is 0.471 e. The molecule has 0 saturated carbocycles. The summed E-state index contributed by atoms with van der Waals surface area (Å²) in [6, 6.07) is 0. The summed E-state index contributed by atoms with van der Waals surface area (Å²) in [4.78, 5) is 12.3. The molecule has 1 aliphatic rings. The minimum absolute atomic E-state index is 0.0526. The van der Waals surface area contributed by atoms with Crippen molar-refractivity contribution in [3.63, 3.8) is 0 Å². The zero-order valence-electron chi connectivity index (χ0n) is 12.3. The Morgan fingerprint density at radius 2 is 2.18 bits per heavy atom. The van der Waals surface area contributed by atoms with Gasteiger partial charge < -0.3 is 9.52 Å². The van der Waals surface area contributed by atoms with Crippen molar-refractivity contribution in [1.29, 1.82) is 0 Å². The number of carbonyl (C=O) groups excluding carboxylic acids is 1. The molecule has 5 nitrogen and oxygen atoms in total. The molecule has 0 aromatic carbocycles. The molecule has 2 rings (SSSR count). The smallest absolute Gasteiger partial charge is 0.438 e. The molecule has 0 aliphatic carbocycles. The van der Waals surface area contributed by atoms with Crippen molar-refractivity contribution < 1.29 is 27.5 Å². The number of hydrogen-bond acceptors (Lipinski definition) is 4. The first-order chi connectivity index (χ1) is 10.2. The monoisotopic (exact) mass is 318 g/mol. The average Bonchev–Trinajstić information content (AvgIpc) is 2.99. The van der Waals surface area contributed by atoms with Gasteiger partial charge in [0, 0.05) is 17.7 Å². The topological polar surface area (TPSA) is 66.0 Å². The molecule has 0 unspecified atom stereocenters. The number of aliphatic hydroxyl groups is 1. The van der Waals surface area contributed by atoms with Gasteiger partial charge in [0.05, 0.1) is 11.8 Å². The number of carbonyl (C=O) groups is 1. The highest BCUT2D eigenvalue weighted by atomic mass is 19.4. The average molecular weight is 318 g/mol. The predicted molar refractivity (Wildman–Crippen MR) is 72.2 cm³/mol. The van der Waals surface area contributed by atoms with Crippen molar-refractivity contribution >= 4 is 11.6 Å². The molecule has 0 saturated heterocycles. The predicted octanol–water partition coefficient (Wildman–Crippen LogP) is 3.23. The first-order valence-corrected chi connectivity index (χ1v) is 6.93. The summed E-state index contributed by atoms with van der Waals surface area (Å²) < 4.78 is 44.6. The Kier molecular flexibility index (Phi) is 4.32. The van der Waals surface area contributed by atoms with Crippen molar-refractivity contribution in [2.45, 2.75) is 51.4 Å². The Bertz CT molecular complexity index is 594. The second-order valence-electron chi connectivity index (χ2n) is 5.35. The van der Waals surface area contributed by atoms with Gasteiger partial charge in [0.15, 0.2) is 0 Å².